The molecular formula is C72H84ClI3K4N13O18S2V-. The van der Waals surface area contributed by atoms with E-state index in [0.717, 1.165) is 80.1 Å². The van der Waals surface area contributed by atoms with Crippen molar-refractivity contribution in [3.05, 3.63) is 151 Å². The number of aliphatic imine (C=N–C) groups is 1. The van der Waals surface area contributed by atoms with E-state index in [-0.39, 0.29) is 239 Å². The van der Waals surface area contributed by atoms with Gasteiger partial charge in [-0.3, -0.25) is 23.3 Å². The van der Waals surface area contributed by atoms with Crippen molar-refractivity contribution in [2.45, 2.75) is 90.5 Å². The van der Waals surface area contributed by atoms with Crippen molar-refractivity contribution in [3.8, 4) is 45.1 Å². The molecule has 2 atom stereocenters. The first-order valence-corrected chi connectivity index (χ1v) is 44.4. The Bertz CT molecular complexity index is 4370. The summed E-state index contributed by atoms with van der Waals surface area (Å²) in [7, 11) is 0.628. The number of alkyl halides is 1. The summed E-state index contributed by atoms with van der Waals surface area (Å²) in [4.78, 5) is 86.9. The number of hydrogen-bond donors (Lipinski definition) is 9. The summed E-state index contributed by atoms with van der Waals surface area (Å²) in [6, 6.07) is 40.5. The van der Waals surface area contributed by atoms with Crippen LogP contribution >= 0.6 is 98.5 Å². The number of carbonyl (C=O) groups is 6. The molecule has 0 saturated heterocycles. The smallest absolute Gasteiger partial charge is 1.00 e. The fraction of sp³-hybridized carbons (Fsp3) is 0.333. The van der Waals surface area contributed by atoms with Gasteiger partial charge in [0.25, 0.3) is 12.9 Å². The van der Waals surface area contributed by atoms with Crippen molar-refractivity contribution in [2.24, 2.45) is 22.2 Å². The Morgan fingerprint density at radius 2 is 0.991 bits per heavy atom. The molecule has 114 heavy (non-hydrogen) atoms. The molecule has 2 amide bonds. The minimum atomic E-state index is -1.00. The third-order valence-electron chi connectivity index (χ3n) is 12.2. The number of halogens is 4. The number of nitrogens with two attached hydrogens (primary N) is 3. The summed E-state index contributed by atoms with van der Waals surface area (Å²) in [5.41, 5.74) is 19.9. The molecule has 1 aliphatic heterocycles. The molecule has 4 aromatic heterocycles. The van der Waals surface area contributed by atoms with Gasteiger partial charge in [-0.15, -0.1) is 23.4 Å². The largest absolute Gasteiger partial charge is 1.00 e. The van der Waals surface area contributed by atoms with Gasteiger partial charge in [-0.1, -0.05) is 6.07 Å². The second kappa shape index (κ2) is 73.6. The molecule has 0 radical (unpaired) electrons. The fourth-order valence-corrected chi connectivity index (χ4v) is 8.89. The molecule has 0 saturated carbocycles. The molecule has 5 heterocycles. The summed E-state index contributed by atoms with van der Waals surface area (Å²) in [6.45, 7) is 14.6. The average molecular weight is 2110 g/mol. The number of aromatic hydroxyl groups is 1. The number of hydrogen-bond acceptors (Lipinski definition) is 29. The first-order valence-electron chi connectivity index (χ1n) is 32.2. The molecule has 1 aliphatic rings. The van der Waals surface area contributed by atoms with Gasteiger partial charge in [0, 0.05) is 52.0 Å². The number of carbonyl (C=O) groups excluding carboxylic acids is 4. The van der Waals surface area contributed by atoms with E-state index in [0.29, 0.717) is 101 Å². The van der Waals surface area contributed by atoms with Crippen LogP contribution in [0, 0.1) is 44.3 Å². The van der Waals surface area contributed by atoms with Crippen LogP contribution in [0.4, 0.5) is 9.59 Å². The van der Waals surface area contributed by atoms with Crippen LogP contribution in [0.5, 0.6) is 23.0 Å². The van der Waals surface area contributed by atoms with Crippen LogP contribution in [0.25, 0.3) is 43.6 Å². The molecule has 0 bridgehead atoms. The quantitative estimate of drug-likeness (QED) is 0.00348. The Morgan fingerprint density at radius 1 is 0.649 bits per heavy atom. The number of thioether (sulfide) groups is 1. The third-order valence-corrected chi connectivity index (χ3v) is 13.9. The van der Waals surface area contributed by atoms with Crippen LogP contribution in [0.1, 0.15) is 92.9 Å². The number of aliphatic carboxylic acids is 2. The van der Waals surface area contributed by atoms with Gasteiger partial charge in [-0.25, -0.2) is 34.3 Å². The van der Waals surface area contributed by atoms with Crippen LogP contribution in [0.3, 0.4) is 0 Å². The van der Waals surface area contributed by atoms with Gasteiger partial charge in [0.2, 0.25) is 0 Å². The molecule has 0 aliphatic carbocycles. The van der Waals surface area contributed by atoms with Gasteiger partial charge in [0.1, 0.15) is 80.6 Å². The SMILES string of the molecule is CC(C)(C)OC(=O)NCCCCl.CC(C)(C)OC(=O)NCCCOc1ccc2nc(C#N)ccc2c1.N#Cc1ccc2cc(O)ccc2n1.N#Cc1ccc2cc(OCCCN)ccc2n1.NC(CS)C(=O)O.NCCCOc1ccc2nc(C3=N[C@@H](C(=O)O)CS3)ccc2c1.O=CO[O-].O=CO[O-].[C-]#CI.[H-].[H-].[I][V][I].[K+].[K+].[K+].[K+]. The molecule has 42 heteroatoms. The topological polar surface area (TPSA) is 511 Å². The first kappa shape index (κ1) is 120. The maximum absolute atomic E-state index is 11.5. The summed E-state index contributed by atoms with van der Waals surface area (Å²) < 4.78 is 28.9. The summed E-state index contributed by atoms with van der Waals surface area (Å²) >= 11 is 16.9. The van der Waals surface area contributed by atoms with Gasteiger partial charge in [-0.05, 0) is 218 Å². The molecule has 1 unspecified atom stereocenters. The van der Waals surface area contributed by atoms with Gasteiger partial charge < -0.3 is 96.4 Å². The molecule has 11 N–H and O–H groups in total. The van der Waals surface area contributed by atoms with Crippen molar-refractivity contribution in [2.75, 3.05) is 63.4 Å². The van der Waals surface area contributed by atoms with Gasteiger partial charge in [0.15, 0.2) is 6.04 Å². The normalized spacial score (nSPS) is 10.9. The Morgan fingerprint density at radius 3 is 1.30 bits per heavy atom. The number of pyridine rings is 4. The average Bonchev–Trinajstić information content (AvgIpc) is 1.45. The molecule has 0 spiro atoms. The number of carboxylic acids is 2. The number of nitriles is 3. The van der Waals surface area contributed by atoms with E-state index >= 15 is 0 Å². The second-order valence-electron chi connectivity index (χ2n) is 22.9. The van der Waals surface area contributed by atoms with Crippen molar-refractivity contribution in [1.29, 1.82) is 15.8 Å². The van der Waals surface area contributed by atoms with Gasteiger partial charge in [-0.2, -0.15) is 28.4 Å². The minimum Gasteiger partial charge on any atom is 1.00 e. The predicted octanol–water partition coefficient (Wildman–Crippen LogP) is -1.73. The van der Waals surface area contributed by atoms with Crippen LogP contribution < -0.4 is 258 Å². The minimum absolute atomic E-state index is 0. The number of carboxylic acid groups (broad SMARTS) is 2. The summed E-state index contributed by atoms with van der Waals surface area (Å²) in [6.07, 6.45) is 8.23. The van der Waals surface area contributed by atoms with Crippen molar-refractivity contribution >= 4 is 184 Å². The second-order valence-corrected chi connectivity index (χ2v) is 37.0. The zero-order chi connectivity index (χ0) is 82.9. The van der Waals surface area contributed by atoms with Crippen molar-refractivity contribution < 1.29 is 306 Å². The number of amides is 2. The number of phenols is 1. The standard InChI is InChI=1S/C18H21N3O3.C16H17N3O3S.C13H13N3O.C10H6N2O.C8H16ClNO2.C3H7NO2S.C2I.2CH2O3.2HI.4K.V.2H/c1-18(2,3)24-17(22)20-9-4-10-23-15-7-8-16-13(11-15)5-6-14(12-19)21-16;17-6-1-7-22-11-3-5-12-10(8-11)2-4-13(18-12)15-19-14(9-23-15)16(20)21;14-6-1-7-17-12-4-5-13-10(8-12)2-3-11(9-15)16-13;11-6-8-2-1-7-5-9(13)3-4-10(7)12-8;1-8(2,3)12-7(11)10-6-4-5-9;4-2(1-7)3(5)6;1-2-3;2*2-1-4-3;;;;;;;;;/h5-8,11H,4,9-10H2,1-3H3,(H,20,22);2-5,8,14H,1,6-7,9,17H2,(H,20,21);2-5,8H,1,6-7,14H2;1-5,13H;4-6H2,1-3H3,(H,10,11);2,7H,1,4H2,(H,5,6);;2*1,3H;2*1H;;;;;;;/q;;;;;;-1;;;;;4*+1;+2;2*-1/p-4/t;14-;;;;;;;;;;;;;;;;/m.1................/s1. The zero-order valence-corrected chi connectivity index (χ0v) is 87.2. The van der Waals surface area contributed by atoms with Crippen LogP contribution in [0.15, 0.2) is 126 Å². The Labute approximate surface area is 892 Å². The number of phenolic OH excluding ortho intramolecular Hbond substituents is 1. The number of nitrogens with one attached hydrogen (secondary N) is 2. The Balaban J connectivity index is -0.000000242. The van der Waals surface area contributed by atoms with E-state index < -0.39 is 41.3 Å². The summed E-state index contributed by atoms with van der Waals surface area (Å²) in [5, 5.41) is 78.9. The number of benzene rings is 4. The molecule has 0 fully saturated rings. The zero-order valence-electron chi connectivity index (χ0n) is 66.3. The van der Waals surface area contributed by atoms with E-state index in [4.69, 9.17) is 110 Å². The number of rotatable bonds is 22. The Hall–Kier alpha value is -2.05. The van der Waals surface area contributed by atoms with E-state index in [2.05, 4.69) is 97.9 Å². The number of fused-ring (bicyclic) bond motifs is 4. The molecular weight excluding hydrogens is 2020 g/mol. The molecule has 31 nitrogen and oxygen atoms in total. The number of nitrogens with zero attached hydrogens (tertiary/aromatic N) is 8. The van der Waals surface area contributed by atoms with Gasteiger partial charge >= 0.3 is 279 Å². The molecule has 9 rings (SSSR count). The van der Waals surface area contributed by atoms with Crippen molar-refractivity contribution in [3.63, 3.8) is 0 Å². The fourth-order valence-electron chi connectivity index (χ4n) is 7.60. The van der Waals surface area contributed by atoms with Crippen LogP contribution in [-0.4, -0.2) is 164 Å². The van der Waals surface area contributed by atoms with E-state index in [1.165, 1.54) is 11.8 Å². The van der Waals surface area contributed by atoms with E-state index in [1.54, 1.807) is 65.1 Å². The number of thiol groups is 1. The van der Waals surface area contributed by atoms with Gasteiger partial charge in [0.05, 0.1) is 47.6 Å². The monoisotopic (exact) mass is 2110 g/mol. The van der Waals surface area contributed by atoms with Crippen LogP contribution in [-0.2, 0) is 47.9 Å². The molecule has 8 aromatic rings. The number of ether oxygens (including phenoxy) is 5. The van der Waals surface area contributed by atoms with Crippen molar-refractivity contribution in [1.82, 2.24) is 30.6 Å². The number of alkyl carbamates (subject to hydrolysis) is 2. The maximum atomic E-state index is 11.5. The van der Waals surface area contributed by atoms with E-state index in [1.807, 2.05) is 143 Å². The first-order chi connectivity index (χ1) is 52.5. The predicted molar refractivity (Wildman–Crippen MR) is 441 cm³/mol. The summed E-state index contributed by atoms with van der Waals surface area (Å²) in [5.74, 6) is 1.83. The van der Waals surface area contributed by atoms with E-state index in [9.17, 15) is 19.2 Å². The third kappa shape index (κ3) is 58.0. The van der Waals surface area contributed by atoms with Crippen LogP contribution in [0.2, 0.25) is 0 Å². The maximum Gasteiger partial charge on any atom is 1.00 e. The molecule has 4 aromatic carbocycles. The molecule has 595 valence electrons. The number of aromatic nitrogens is 4. The Kier molecular flexibility index (Phi) is 77.8.